The first-order chi connectivity index (χ1) is 6.53. The maximum Gasteiger partial charge on any atom is 0.00545 e. The molecule has 1 aromatic heterocycles. The standard InChI is InChI=1S/C13H22S/c1-6-8-13(5,7-2)12-9-10(3)14-11(12)4/h9H,6-8H2,1-5H3. The predicted octanol–water partition coefficient (Wildman–Crippen LogP) is 4.83. The highest BCUT2D eigenvalue weighted by Gasteiger charge is 2.26. The lowest BCUT2D eigenvalue weighted by atomic mass is 9.76. The van der Waals surface area contributed by atoms with Crippen LogP contribution >= 0.6 is 11.3 Å². The zero-order valence-electron chi connectivity index (χ0n) is 10.1. The fourth-order valence-corrected chi connectivity index (χ4v) is 3.36. The molecule has 14 heavy (non-hydrogen) atoms. The van der Waals surface area contributed by atoms with E-state index < -0.39 is 0 Å². The Balaban J connectivity index is 3.04. The second-order valence-corrected chi connectivity index (χ2v) is 5.95. The van der Waals surface area contributed by atoms with Crippen LogP contribution in [0.15, 0.2) is 6.07 Å². The Morgan fingerprint density at radius 3 is 2.29 bits per heavy atom. The maximum absolute atomic E-state index is 2.41. The minimum Gasteiger partial charge on any atom is -0.146 e. The molecule has 0 saturated heterocycles. The van der Waals surface area contributed by atoms with Crippen molar-refractivity contribution in [1.29, 1.82) is 0 Å². The smallest absolute Gasteiger partial charge is 0.00545 e. The van der Waals surface area contributed by atoms with Gasteiger partial charge in [0.2, 0.25) is 0 Å². The summed E-state index contributed by atoms with van der Waals surface area (Å²) in [5, 5.41) is 0. The van der Waals surface area contributed by atoms with Gasteiger partial charge in [0.1, 0.15) is 0 Å². The Bertz CT molecular complexity index is 298. The minimum atomic E-state index is 0.406. The van der Waals surface area contributed by atoms with Crippen LogP contribution in [-0.2, 0) is 5.41 Å². The van der Waals surface area contributed by atoms with Crippen LogP contribution in [0.4, 0.5) is 0 Å². The molecule has 1 atom stereocenters. The van der Waals surface area contributed by atoms with Crippen molar-refractivity contribution in [2.24, 2.45) is 0 Å². The van der Waals surface area contributed by atoms with Crippen LogP contribution in [0.2, 0.25) is 0 Å². The van der Waals surface area contributed by atoms with Gasteiger partial charge < -0.3 is 0 Å². The Labute approximate surface area is 92.4 Å². The monoisotopic (exact) mass is 210 g/mol. The first-order valence-electron chi connectivity index (χ1n) is 5.61. The molecule has 0 bridgehead atoms. The molecule has 1 aromatic rings. The fraction of sp³-hybridized carbons (Fsp3) is 0.692. The molecule has 0 N–H and O–H groups in total. The van der Waals surface area contributed by atoms with Crippen molar-refractivity contribution in [2.45, 2.75) is 59.3 Å². The van der Waals surface area contributed by atoms with Crippen molar-refractivity contribution in [3.8, 4) is 0 Å². The number of hydrogen-bond donors (Lipinski definition) is 0. The van der Waals surface area contributed by atoms with E-state index in [9.17, 15) is 0 Å². The van der Waals surface area contributed by atoms with Crippen LogP contribution in [0.1, 0.15) is 55.4 Å². The Morgan fingerprint density at radius 2 is 1.93 bits per heavy atom. The highest BCUT2D eigenvalue weighted by molar-refractivity contribution is 7.12. The molecule has 1 heterocycles. The molecule has 1 rings (SSSR count). The summed E-state index contributed by atoms with van der Waals surface area (Å²) in [4.78, 5) is 2.97. The first kappa shape index (κ1) is 11.8. The molecule has 0 spiro atoms. The lowest BCUT2D eigenvalue weighted by Crippen LogP contribution is -2.20. The van der Waals surface area contributed by atoms with Gasteiger partial charge in [-0.15, -0.1) is 11.3 Å². The third-order valence-electron chi connectivity index (χ3n) is 3.27. The molecule has 0 nitrogen and oxygen atoms in total. The second kappa shape index (κ2) is 4.48. The first-order valence-corrected chi connectivity index (χ1v) is 6.42. The van der Waals surface area contributed by atoms with Gasteiger partial charge in [0, 0.05) is 9.75 Å². The van der Waals surface area contributed by atoms with Crippen LogP contribution in [0.5, 0.6) is 0 Å². The van der Waals surface area contributed by atoms with Gasteiger partial charge in [0.05, 0.1) is 0 Å². The zero-order chi connectivity index (χ0) is 10.8. The van der Waals surface area contributed by atoms with Gasteiger partial charge in [0.15, 0.2) is 0 Å². The number of rotatable bonds is 4. The van der Waals surface area contributed by atoms with Gasteiger partial charge in [-0.3, -0.25) is 0 Å². The largest absolute Gasteiger partial charge is 0.146 e. The van der Waals surface area contributed by atoms with Crippen molar-refractivity contribution in [2.75, 3.05) is 0 Å². The van der Waals surface area contributed by atoms with E-state index in [0.29, 0.717) is 5.41 Å². The summed E-state index contributed by atoms with van der Waals surface area (Å²) < 4.78 is 0. The second-order valence-electron chi connectivity index (χ2n) is 4.49. The van der Waals surface area contributed by atoms with E-state index in [1.807, 2.05) is 11.3 Å². The molecular formula is C13H22S. The van der Waals surface area contributed by atoms with Gasteiger partial charge in [-0.05, 0) is 43.7 Å². The van der Waals surface area contributed by atoms with Crippen LogP contribution < -0.4 is 0 Å². The summed E-state index contributed by atoms with van der Waals surface area (Å²) in [6.07, 6.45) is 3.83. The summed E-state index contributed by atoms with van der Waals surface area (Å²) in [6.45, 7) is 11.5. The van der Waals surface area contributed by atoms with Crippen LogP contribution in [0.25, 0.3) is 0 Å². The Kier molecular flexibility index (Phi) is 3.77. The molecule has 80 valence electrons. The van der Waals surface area contributed by atoms with Gasteiger partial charge in [-0.1, -0.05) is 27.2 Å². The lowest BCUT2D eigenvalue weighted by molar-refractivity contribution is 0.413. The van der Waals surface area contributed by atoms with Crippen molar-refractivity contribution in [3.63, 3.8) is 0 Å². The van der Waals surface area contributed by atoms with E-state index in [4.69, 9.17) is 0 Å². The Morgan fingerprint density at radius 1 is 1.29 bits per heavy atom. The average Bonchev–Trinajstić information content (AvgIpc) is 2.46. The highest BCUT2D eigenvalue weighted by atomic mass is 32.1. The molecule has 0 amide bonds. The summed E-state index contributed by atoms with van der Waals surface area (Å²) in [5.41, 5.74) is 1.99. The summed E-state index contributed by atoms with van der Waals surface area (Å²) in [6, 6.07) is 2.39. The van der Waals surface area contributed by atoms with Gasteiger partial charge in [-0.25, -0.2) is 0 Å². The van der Waals surface area contributed by atoms with E-state index in [2.05, 4.69) is 40.7 Å². The summed E-state index contributed by atoms with van der Waals surface area (Å²) >= 11 is 1.94. The lowest BCUT2D eigenvalue weighted by Gasteiger charge is -2.28. The SMILES string of the molecule is CCCC(C)(CC)c1cc(C)sc1C. The molecule has 0 aliphatic rings. The fourth-order valence-electron chi connectivity index (χ4n) is 2.28. The average molecular weight is 210 g/mol. The van der Waals surface area contributed by atoms with E-state index in [1.165, 1.54) is 29.0 Å². The molecule has 1 unspecified atom stereocenters. The van der Waals surface area contributed by atoms with Crippen LogP contribution in [-0.4, -0.2) is 0 Å². The van der Waals surface area contributed by atoms with Crippen molar-refractivity contribution < 1.29 is 0 Å². The van der Waals surface area contributed by atoms with Crippen LogP contribution in [0, 0.1) is 13.8 Å². The minimum absolute atomic E-state index is 0.406. The number of hydrogen-bond acceptors (Lipinski definition) is 1. The van der Waals surface area contributed by atoms with E-state index in [0.717, 1.165) is 0 Å². The molecule has 0 aliphatic heterocycles. The van der Waals surface area contributed by atoms with Crippen molar-refractivity contribution >= 4 is 11.3 Å². The summed E-state index contributed by atoms with van der Waals surface area (Å²) in [5.74, 6) is 0. The van der Waals surface area contributed by atoms with E-state index in [1.54, 1.807) is 5.56 Å². The predicted molar refractivity (Wildman–Crippen MR) is 66.3 cm³/mol. The quantitative estimate of drug-likeness (QED) is 0.667. The zero-order valence-corrected chi connectivity index (χ0v) is 10.9. The van der Waals surface area contributed by atoms with Crippen LogP contribution in [0.3, 0.4) is 0 Å². The topological polar surface area (TPSA) is 0 Å². The van der Waals surface area contributed by atoms with Gasteiger partial charge >= 0.3 is 0 Å². The van der Waals surface area contributed by atoms with E-state index in [-0.39, 0.29) is 0 Å². The van der Waals surface area contributed by atoms with Crippen molar-refractivity contribution in [3.05, 3.63) is 21.4 Å². The molecule has 0 radical (unpaired) electrons. The van der Waals surface area contributed by atoms with Crippen molar-refractivity contribution in [1.82, 2.24) is 0 Å². The normalized spacial score (nSPS) is 15.5. The molecule has 0 saturated carbocycles. The Hall–Kier alpha value is -0.300. The highest BCUT2D eigenvalue weighted by Crippen LogP contribution is 2.37. The summed E-state index contributed by atoms with van der Waals surface area (Å²) in [7, 11) is 0. The third kappa shape index (κ3) is 2.20. The maximum atomic E-state index is 2.41. The number of thiophene rings is 1. The molecule has 1 heteroatoms. The van der Waals surface area contributed by atoms with Gasteiger partial charge in [-0.2, -0.15) is 0 Å². The van der Waals surface area contributed by atoms with E-state index >= 15 is 0 Å². The van der Waals surface area contributed by atoms with Gasteiger partial charge in [0.25, 0.3) is 0 Å². The number of aryl methyl sites for hydroxylation is 2. The molecule has 0 fully saturated rings. The third-order valence-corrected chi connectivity index (χ3v) is 4.24. The molecule has 0 aromatic carbocycles. The molecular weight excluding hydrogens is 188 g/mol. The molecule has 0 aliphatic carbocycles.